The highest BCUT2D eigenvalue weighted by Gasteiger charge is 2.72. The van der Waals surface area contributed by atoms with E-state index in [4.69, 9.17) is 23.9 Å². The van der Waals surface area contributed by atoms with Crippen LogP contribution < -0.4 is 4.74 Å². The molecule has 2 aromatic carbocycles. The van der Waals surface area contributed by atoms with Crippen molar-refractivity contribution in [2.24, 2.45) is 5.41 Å². The predicted molar refractivity (Wildman–Crippen MR) is 132 cm³/mol. The lowest BCUT2D eigenvalue weighted by molar-refractivity contribution is -0.492. The van der Waals surface area contributed by atoms with Gasteiger partial charge in [-0.15, -0.1) is 0 Å². The van der Waals surface area contributed by atoms with Crippen molar-refractivity contribution < 1.29 is 33.5 Å². The van der Waals surface area contributed by atoms with E-state index in [1.165, 1.54) is 19.4 Å². The van der Waals surface area contributed by atoms with Crippen LogP contribution in [0.3, 0.4) is 0 Å². The molecule has 0 bridgehead atoms. The van der Waals surface area contributed by atoms with Crippen molar-refractivity contribution in [1.82, 2.24) is 5.23 Å². The standard InChI is InChI=1S/C28H35NO7/c1-6-10-22-17-23(19-13-15-21(32-3)16-14-19)27(2)28(25(30)33-4,26(31)34-5)18-24(36-29(27)35-22)20-11-8-7-9-12-20/h7-9,11-16,22-24H,6,10,17-18H2,1-5H3/t22-,23+,24+,27-/m1/s1. The van der Waals surface area contributed by atoms with Crippen LogP contribution >= 0.6 is 0 Å². The summed E-state index contributed by atoms with van der Waals surface area (Å²) < 4.78 is 16.0. The fourth-order valence-electron chi connectivity index (χ4n) is 5.78. The van der Waals surface area contributed by atoms with E-state index >= 15 is 0 Å². The smallest absolute Gasteiger partial charge is 0.325 e. The Hall–Kier alpha value is -2.94. The van der Waals surface area contributed by atoms with E-state index in [1.807, 2.05) is 61.5 Å². The van der Waals surface area contributed by atoms with Crippen LogP contribution in [0.15, 0.2) is 54.6 Å². The fraction of sp³-hybridized carbons (Fsp3) is 0.500. The van der Waals surface area contributed by atoms with E-state index in [0.717, 1.165) is 24.0 Å². The van der Waals surface area contributed by atoms with E-state index in [9.17, 15) is 9.59 Å². The van der Waals surface area contributed by atoms with E-state index in [-0.39, 0.29) is 18.4 Å². The van der Waals surface area contributed by atoms with Gasteiger partial charge < -0.3 is 14.2 Å². The summed E-state index contributed by atoms with van der Waals surface area (Å²) in [5, 5.41) is 1.40. The van der Waals surface area contributed by atoms with Gasteiger partial charge in [0.15, 0.2) is 5.41 Å². The molecule has 2 fully saturated rings. The summed E-state index contributed by atoms with van der Waals surface area (Å²) in [7, 11) is 4.20. The van der Waals surface area contributed by atoms with Gasteiger partial charge in [-0.05, 0) is 43.0 Å². The lowest BCUT2D eigenvalue weighted by atomic mass is 9.57. The zero-order valence-corrected chi connectivity index (χ0v) is 21.6. The Balaban J connectivity index is 1.92. The molecule has 0 spiro atoms. The largest absolute Gasteiger partial charge is 0.497 e. The number of ether oxygens (including phenoxy) is 3. The fourth-order valence-corrected chi connectivity index (χ4v) is 5.78. The molecule has 2 aliphatic rings. The van der Waals surface area contributed by atoms with E-state index in [1.54, 1.807) is 7.11 Å². The molecule has 2 aliphatic heterocycles. The van der Waals surface area contributed by atoms with E-state index in [2.05, 4.69) is 6.92 Å². The lowest BCUT2D eigenvalue weighted by Crippen LogP contribution is -2.73. The highest BCUT2D eigenvalue weighted by Crippen LogP contribution is 2.60. The quantitative estimate of drug-likeness (QED) is 0.400. The number of hydrogen-bond donors (Lipinski definition) is 0. The number of nitrogens with zero attached hydrogens (tertiary/aromatic N) is 1. The molecule has 4 rings (SSSR count). The first-order valence-electron chi connectivity index (χ1n) is 12.3. The third-order valence-electron chi connectivity index (χ3n) is 7.75. The molecular weight excluding hydrogens is 462 g/mol. The first-order chi connectivity index (χ1) is 17.3. The minimum absolute atomic E-state index is 0.0395. The third-order valence-corrected chi connectivity index (χ3v) is 7.75. The van der Waals surface area contributed by atoms with Crippen LogP contribution in [0.2, 0.25) is 0 Å². The van der Waals surface area contributed by atoms with Gasteiger partial charge in [-0.1, -0.05) is 61.0 Å². The van der Waals surface area contributed by atoms with Crippen molar-refractivity contribution in [3.63, 3.8) is 0 Å². The minimum Gasteiger partial charge on any atom is -0.497 e. The Bertz CT molecular complexity index is 1040. The Morgan fingerprint density at radius 1 is 0.944 bits per heavy atom. The molecule has 0 aliphatic carbocycles. The number of hydrogen-bond acceptors (Lipinski definition) is 8. The number of fused-ring (bicyclic) bond motifs is 1. The molecule has 0 radical (unpaired) electrons. The molecule has 0 aromatic heterocycles. The maximum Gasteiger partial charge on any atom is 0.325 e. The van der Waals surface area contributed by atoms with Crippen molar-refractivity contribution in [1.29, 1.82) is 0 Å². The molecule has 8 nitrogen and oxygen atoms in total. The van der Waals surface area contributed by atoms with Crippen molar-refractivity contribution in [2.45, 2.75) is 63.2 Å². The molecule has 0 unspecified atom stereocenters. The van der Waals surface area contributed by atoms with Crippen LogP contribution in [0.1, 0.15) is 62.7 Å². The van der Waals surface area contributed by atoms with Gasteiger partial charge in [-0.25, -0.2) is 0 Å². The van der Waals surface area contributed by atoms with Gasteiger partial charge in [-0.2, -0.15) is 0 Å². The van der Waals surface area contributed by atoms with Gasteiger partial charge in [0.2, 0.25) is 0 Å². The summed E-state index contributed by atoms with van der Waals surface area (Å²) in [5.74, 6) is -0.956. The minimum atomic E-state index is -1.73. The topological polar surface area (TPSA) is 83.5 Å². The Kier molecular flexibility index (Phi) is 7.68. The first kappa shape index (κ1) is 26.1. The van der Waals surface area contributed by atoms with Crippen LogP contribution in [0, 0.1) is 5.41 Å². The van der Waals surface area contributed by atoms with Crippen molar-refractivity contribution >= 4 is 11.9 Å². The Morgan fingerprint density at radius 2 is 1.58 bits per heavy atom. The number of carbonyl (C=O) groups excluding carboxylic acids is 2. The maximum absolute atomic E-state index is 13.7. The monoisotopic (exact) mass is 497 g/mol. The zero-order valence-electron chi connectivity index (χ0n) is 21.6. The van der Waals surface area contributed by atoms with Crippen LogP contribution in [0.25, 0.3) is 0 Å². The van der Waals surface area contributed by atoms with Crippen LogP contribution in [0.5, 0.6) is 5.75 Å². The van der Waals surface area contributed by atoms with Crippen molar-refractivity contribution in [3.05, 3.63) is 65.7 Å². The Labute approximate surface area is 212 Å². The first-order valence-corrected chi connectivity index (χ1v) is 12.3. The van der Waals surface area contributed by atoms with E-state index in [0.29, 0.717) is 12.2 Å². The lowest BCUT2D eigenvalue weighted by Gasteiger charge is -2.60. The maximum atomic E-state index is 13.7. The number of rotatable bonds is 7. The SMILES string of the molecule is CCC[C@@H]1C[C@@H](c2ccc(OC)cc2)[C@@]2(C)N(O1)O[C@H](c1ccccc1)CC2(C(=O)OC)C(=O)OC. The summed E-state index contributed by atoms with van der Waals surface area (Å²) in [6.45, 7) is 3.93. The van der Waals surface area contributed by atoms with Gasteiger partial charge in [0.05, 0.1) is 27.4 Å². The normalized spacial score (nSPS) is 27.5. The van der Waals surface area contributed by atoms with Crippen molar-refractivity contribution in [2.75, 3.05) is 21.3 Å². The van der Waals surface area contributed by atoms with Crippen LogP contribution in [0.4, 0.5) is 0 Å². The van der Waals surface area contributed by atoms with Crippen LogP contribution in [-0.4, -0.2) is 50.1 Å². The number of carbonyl (C=O) groups is 2. The van der Waals surface area contributed by atoms with Gasteiger partial charge in [0.25, 0.3) is 0 Å². The number of methoxy groups -OCH3 is 3. The molecule has 0 amide bonds. The van der Waals surface area contributed by atoms with Gasteiger partial charge in [-0.3, -0.25) is 19.3 Å². The van der Waals surface area contributed by atoms with Crippen LogP contribution in [-0.2, 0) is 28.7 Å². The molecule has 2 heterocycles. The second-order valence-corrected chi connectivity index (χ2v) is 9.58. The van der Waals surface area contributed by atoms with Gasteiger partial charge >= 0.3 is 11.9 Å². The summed E-state index contributed by atoms with van der Waals surface area (Å²) in [6, 6.07) is 17.2. The highest BCUT2D eigenvalue weighted by atomic mass is 17.0. The predicted octanol–water partition coefficient (Wildman–Crippen LogP) is 4.75. The van der Waals surface area contributed by atoms with Crippen molar-refractivity contribution in [3.8, 4) is 5.75 Å². The van der Waals surface area contributed by atoms with Gasteiger partial charge in [0, 0.05) is 12.3 Å². The highest BCUT2D eigenvalue weighted by molar-refractivity contribution is 6.02. The molecule has 194 valence electrons. The number of benzene rings is 2. The molecule has 4 atom stereocenters. The molecule has 0 N–H and O–H groups in total. The molecule has 8 heteroatoms. The average molecular weight is 498 g/mol. The molecular formula is C28H35NO7. The molecule has 2 saturated heterocycles. The van der Waals surface area contributed by atoms with Gasteiger partial charge in [0.1, 0.15) is 17.4 Å². The van der Waals surface area contributed by atoms with E-state index < -0.39 is 29.0 Å². The molecule has 0 saturated carbocycles. The third kappa shape index (κ3) is 4.17. The zero-order chi connectivity index (χ0) is 25.9. The summed E-state index contributed by atoms with van der Waals surface area (Å²) in [5.41, 5.74) is -1.24. The molecule has 36 heavy (non-hydrogen) atoms. The number of hydroxylamine groups is 2. The second-order valence-electron chi connectivity index (χ2n) is 9.58. The number of esters is 2. The molecule has 2 aromatic rings. The average Bonchev–Trinajstić information content (AvgIpc) is 2.92. The summed E-state index contributed by atoms with van der Waals surface area (Å²) >= 11 is 0. The summed E-state index contributed by atoms with van der Waals surface area (Å²) in [6.07, 6.45) is 1.53. The summed E-state index contributed by atoms with van der Waals surface area (Å²) in [4.78, 5) is 40.3. The Morgan fingerprint density at radius 3 is 2.14 bits per heavy atom. The second kappa shape index (κ2) is 10.6.